The summed E-state index contributed by atoms with van der Waals surface area (Å²) in [7, 11) is 1.62. The van der Waals surface area contributed by atoms with Crippen LogP contribution in [0.15, 0.2) is 83.0 Å². The number of allylic oxidation sites excluding steroid dienone is 1. The zero-order valence-electron chi connectivity index (χ0n) is 20.1. The summed E-state index contributed by atoms with van der Waals surface area (Å²) in [5.41, 5.74) is 6.18. The van der Waals surface area contributed by atoms with Crippen molar-refractivity contribution >= 4 is 17.3 Å². The highest BCUT2D eigenvalue weighted by Crippen LogP contribution is 2.40. The molecule has 4 aromatic rings. The van der Waals surface area contributed by atoms with Crippen LogP contribution >= 0.6 is 0 Å². The fourth-order valence-electron chi connectivity index (χ4n) is 4.30. The van der Waals surface area contributed by atoms with E-state index in [-0.39, 0.29) is 6.03 Å². The van der Waals surface area contributed by atoms with Crippen molar-refractivity contribution in [3.63, 3.8) is 0 Å². The van der Waals surface area contributed by atoms with E-state index in [0.29, 0.717) is 23.2 Å². The summed E-state index contributed by atoms with van der Waals surface area (Å²) in [5, 5.41) is 7.36. The number of carbonyl (C=O) groups excluding carboxylic acids is 1. The van der Waals surface area contributed by atoms with Crippen molar-refractivity contribution < 1.29 is 14.1 Å². The maximum atomic E-state index is 13.4. The first-order chi connectivity index (χ1) is 17.0. The van der Waals surface area contributed by atoms with Gasteiger partial charge in [0.05, 0.1) is 24.4 Å². The molecule has 0 saturated carbocycles. The number of benzene rings is 3. The molecular weight excluding hydrogens is 440 g/mol. The van der Waals surface area contributed by atoms with E-state index < -0.39 is 6.04 Å². The van der Waals surface area contributed by atoms with Crippen LogP contribution in [0.3, 0.4) is 0 Å². The molecule has 1 N–H and O–H groups in total. The maximum absolute atomic E-state index is 13.4. The van der Waals surface area contributed by atoms with Gasteiger partial charge in [0.2, 0.25) is 5.82 Å². The number of nitrogens with zero attached hydrogens (tertiary/aromatic N) is 3. The van der Waals surface area contributed by atoms with Crippen molar-refractivity contribution in [1.82, 2.24) is 15.5 Å². The predicted molar refractivity (Wildman–Crippen MR) is 135 cm³/mol. The minimum absolute atomic E-state index is 0.231. The van der Waals surface area contributed by atoms with Gasteiger partial charge < -0.3 is 14.6 Å². The highest BCUT2D eigenvalue weighted by atomic mass is 16.5. The van der Waals surface area contributed by atoms with Gasteiger partial charge in [-0.1, -0.05) is 53.7 Å². The molecule has 0 spiro atoms. The molecule has 1 aliphatic heterocycles. The summed E-state index contributed by atoms with van der Waals surface area (Å²) < 4.78 is 11.2. The van der Waals surface area contributed by atoms with Gasteiger partial charge in [0, 0.05) is 11.3 Å². The van der Waals surface area contributed by atoms with Crippen LogP contribution in [0.25, 0.3) is 17.0 Å². The molecule has 0 radical (unpaired) electrons. The zero-order chi connectivity index (χ0) is 24.5. The molecule has 0 aliphatic carbocycles. The van der Waals surface area contributed by atoms with Gasteiger partial charge in [0.1, 0.15) is 5.75 Å². The number of anilines is 1. The monoisotopic (exact) mass is 466 g/mol. The standard InChI is InChI=1S/C28H26N4O3/c1-17-13-14-22(15-18(17)2)32-19(3)24(27-30-26(31-35-27)20-9-6-5-7-10-20)25(29-28(32)33)21-11-8-12-23(16-21)34-4/h5-16,25H,1-4H3,(H,29,33). The Balaban J connectivity index is 1.67. The molecule has 1 aliphatic rings. The molecule has 2 amide bonds. The quantitative estimate of drug-likeness (QED) is 0.386. The normalized spacial score (nSPS) is 15.8. The van der Waals surface area contributed by atoms with Crippen LogP contribution in [0.2, 0.25) is 0 Å². The number of hydrogen-bond acceptors (Lipinski definition) is 5. The largest absolute Gasteiger partial charge is 0.497 e. The molecule has 2 heterocycles. The Morgan fingerprint density at radius 3 is 2.49 bits per heavy atom. The summed E-state index contributed by atoms with van der Waals surface area (Å²) in [4.78, 5) is 19.8. The molecule has 5 rings (SSSR count). The average molecular weight is 467 g/mol. The molecule has 176 valence electrons. The van der Waals surface area contributed by atoms with Gasteiger partial charge in [0.25, 0.3) is 5.89 Å². The number of aryl methyl sites for hydroxylation is 2. The number of carbonyl (C=O) groups is 1. The van der Waals surface area contributed by atoms with E-state index in [0.717, 1.165) is 33.5 Å². The van der Waals surface area contributed by atoms with Gasteiger partial charge in [-0.05, 0) is 61.7 Å². The van der Waals surface area contributed by atoms with E-state index in [1.165, 1.54) is 0 Å². The second kappa shape index (κ2) is 9.10. The fraction of sp³-hybridized carbons (Fsp3) is 0.179. The molecule has 7 heteroatoms. The number of nitrogens with one attached hydrogen (secondary N) is 1. The molecule has 0 fully saturated rings. The number of methoxy groups -OCH3 is 1. The van der Waals surface area contributed by atoms with E-state index in [4.69, 9.17) is 14.2 Å². The minimum atomic E-state index is -0.496. The smallest absolute Gasteiger partial charge is 0.326 e. The number of hydrogen-bond donors (Lipinski definition) is 1. The molecule has 1 unspecified atom stereocenters. The number of rotatable bonds is 5. The molecule has 3 aromatic carbocycles. The number of urea groups is 1. The number of ether oxygens (including phenoxy) is 1. The first-order valence-electron chi connectivity index (χ1n) is 11.4. The van der Waals surface area contributed by atoms with Crippen LogP contribution in [0, 0.1) is 13.8 Å². The Bertz CT molecular complexity index is 1430. The van der Waals surface area contributed by atoms with Crippen molar-refractivity contribution in [2.24, 2.45) is 0 Å². The molecule has 7 nitrogen and oxygen atoms in total. The molecule has 35 heavy (non-hydrogen) atoms. The first kappa shape index (κ1) is 22.4. The zero-order valence-corrected chi connectivity index (χ0v) is 20.1. The molecular formula is C28H26N4O3. The topological polar surface area (TPSA) is 80.5 Å². The lowest BCUT2D eigenvalue weighted by atomic mass is 9.94. The lowest BCUT2D eigenvalue weighted by molar-refractivity contribution is 0.244. The van der Waals surface area contributed by atoms with E-state index in [2.05, 4.69) is 10.5 Å². The minimum Gasteiger partial charge on any atom is -0.497 e. The van der Waals surface area contributed by atoms with Crippen LogP contribution in [0.1, 0.15) is 35.5 Å². The third kappa shape index (κ3) is 4.17. The average Bonchev–Trinajstić information content (AvgIpc) is 3.36. The second-order valence-corrected chi connectivity index (χ2v) is 8.55. The Morgan fingerprint density at radius 1 is 0.943 bits per heavy atom. The van der Waals surface area contributed by atoms with Crippen LogP contribution in [-0.2, 0) is 0 Å². The van der Waals surface area contributed by atoms with Crippen molar-refractivity contribution in [2.45, 2.75) is 26.8 Å². The Labute approximate surface area is 204 Å². The first-order valence-corrected chi connectivity index (χ1v) is 11.4. The van der Waals surface area contributed by atoms with Crippen LogP contribution in [0.4, 0.5) is 10.5 Å². The Hall–Kier alpha value is -4.39. The van der Waals surface area contributed by atoms with Crippen LogP contribution in [0.5, 0.6) is 5.75 Å². The Morgan fingerprint density at radius 2 is 1.74 bits per heavy atom. The third-order valence-corrected chi connectivity index (χ3v) is 6.35. The summed E-state index contributed by atoms with van der Waals surface area (Å²) in [5.74, 6) is 1.53. The third-order valence-electron chi connectivity index (χ3n) is 6.35. The molecule has 0 saturated heterocycles. The SMILES string of the molecule is COc1cccc(C2NC(=O)N(c3ccc(C)c(C)c3)C(C)=C2c2nc(-c3ccccc3)no2)c1. The summed E-state index contributed by atoms with van der Waals surface area (Å²) in [6, 6.07) is 22.5. The van der Waals surface area contributed by atoms with Gasteiger partial charge in [-0.25, -0.2) is 4.79 Å². The van der Waals surface area contributed by atoms with Gasteiger partial charge in [-0.2, -0.15) is 4.98 Å². The number of aromatic nitrogens is 2. The predicted octanol–water partition coefficient (Wildman–Crippen LogP) is 6.06. The maximum Gasteiger partial charge on any atom is 0.326 e. The highest BCUT2D eigenvalue weighted by molar-refractivity contribution is 6.01. The second-order valence-electron chi connectivity index (χ2n) is 8.55. The van der Waals surface area contributed by atoms with Gasteiger partial charge in [0.15, 0.2) is 0 Å². The molecule has 1 aromatic heterocycles. The molecule has 0 bridgehead atoms. The van der Waals surface area contributed by atoms with Gasteiger partial charge in [-0.15, -0.1) is 0 Å². The summed E-state index contributed by atoms with van der Waals surface area (Å²) in [6.45, 7) is 5.98. The molecule has 1 atom stereocenters. The van der Waals surface area contributed by atoms with Gasteiger partial charge >= 0.3 is 6.03 Å². The van der Waals surface area contributed by atoms with Crippen molar-refractivity contribution in [2.75, 3.05) is 12.0 Å². The van der Waals surface area contributed by atoms with Crippen molar-refractivity contribution in [1.29, 1.82) is 0 Å². The summed E-state index contributed by atoms with van der Waals surface area (Å²) >= 11 is 0. The van der Waals surface area contributed by atoms with E-state index >= 15 is 0 Å². The lowest BCUT2D eigenvalue weighted by Gasteiger charge is -2.35. The van der Waals surface area contributed by atoms with Crippen LogP contribution in [-0.4, -0.2) is 23.3 Å². The number of amides is 2. The van der Waals surface area contributed by atoms with E-state index in [1.54, 1.807) is 12.0 Å². The van der Waals surface area contributed by atoms with E-state index in [1.807, 2.05) is 93.6 Å². The van der Waals surface area contributed by atoms with Crippen LogP contribution < -0.4 is 15.0 Å². The van der Waals surface area contributed by atoms with E-state index in [9.17, 15) is 4.79 Å². The summed E-state index contributed by atoms with van der Waals surface area (Å²) in [6.07, 6.45) is 0. The Kier molecular flexibility index (Phi) is 5.82. The van der Waals surface area contributed by atoms with Crippen molar-refractivity contribution in [3.8, 4) is 17.1 Å². The van der Waals surface area contributed by atoms with Crippen molar-refractivity contribution in [3.05, 3.63) is 101 Å². The lowest BCUT2D eigenvalue weighted by Crippen LogP contribution is -2.46. The fourth-order valence-corrected chi connectivity index (χ4v) is 4.30. The van der Waals surface area contributed by atoms with Gasteiger partial charge in [-0.3, -0.25) is 4.90 Å². The highest BCUT2D eigenvalue weighted by Gasteiger charge is 2.36.